The maximum absolute atomic E-state index is 13.7. The molecule has 0 bridgehead atoms. The first-order valence-electron chi connectivity index (χ1n) is 11.5. The van der Waals surface area contributed by atoms with Gasteiger partial charge in [0.25, 0.3) is 0 Å². The van der Waals surface area contributed by atoms with Gasteiger partial charge in [-0.1, -0.05) is 67.6 Å². The molecule has 176 valence electrons. The lowest BCUT2D eigenvalue weighted by atomic mass is 10.1. The van der Waals surface area contributed by atoms with E-state index < -0.39 is 6.04 Å². The molecule has 0 radical (unpaired) electrons. The molecule has 1 atom stereocenters. The van der Waals surface area contributed by atoms with Crippen LogP contribution in [0.4, 0.5) is 0 Å². The van der Waals surface area contributed by atoms with Gasteiger partial charge in [-0.2, -0.15) is 0 Å². The maximum Gasteiger partial charge on any atom is 0.248 e. The predicted octanol–water partition coefficient (Wildman–Crippen LogP) is 4.43. The number of benzene rings is 2. The van der Waals surface area contributed by atoms with Gasteiger partial charge in [-0.05, 0) is 41.5 Å². The molecule has 0 unspecified atom stereocenters. The summed E-state index contributed by atoms with van der Waals surface area (Å²) in [5.41, 5.74) is 2.46. The molecule has 2 aromatic carbocycles. The van der Waals surface area contributed by atoms with Crippen LogP contribution >= 0.6 is 11.3 Å². The fourth-order valence-corrected chi connectivity index (χ4v) is 4.64. The molecule has 2 amide bonds. The Morgan fingerprint density at radius 3 is 2.53 bits per heavy atom. The van der Waals surface area contributed by atoms with Crippen molar-refractivity contribution >= 4 is 34.2 Å². The first kappa shape index (κ1) is 23.6. The minimum Gasteiger partial charge on any atom is -0.354 e. The molecule has 0 spiro atoms. The van der Waals surface area contributed by atoms with E-state index in [-0.39, 0.29) is 18.4 Å². The SMILES string of the molecule is CC(C)CCNC(=O)[C@H](c1cccs1)N(Cc1ccccc1)C(=O)Cn1nnc2ccccc21. The van der Waals surface area contributed by atoms with Crippen molar-refractivity contribution in [3.8, 4) is 0 Å². The number of aromatic nitrogens is 3. The number of nitrogens with zero attached hydrogens (tertiary/aromatic N) is 4. The van der Waals surface area contributed by atoms with Crippen LogP contribution in [0.25, 0.3) is 11.0 Å². The molecule has 2 aromatic heterocycles. The Balaban J connectivity index is 1.65. The molecule has 0 aliphatic rings. The molecular weight excluding hydrogens is 446 g/mol. The van der Waals surface area contributed by atoms with Crippen molar-refractivity contribution in [1.82, 2.24) is 25.2 Å². The number of hydrogen-bond donors (Lipinski definition) is 1. The summed E-state index contributed by atoms with van der Waals surface area (Å²) < 4.78 is 1.60. The van der Waals surface area contributed by atoms with Crippen LogP contribution in [0.15, 0.2) is 72.1 Å². The number of amides is 2. The Morgan fingerprint density at radius 1 is 1.03 bits per heavy atom. The smallest absolute Gasteiger partial charge is 0.248 e. The fraction of sp³-hybridized carbons (Fsp3) is 0.308. The summed E-state index contributed by atoms with van der Waals surface area (Å²) >= 11 is 1.48. The number of rotatable bonds is 10. The average molecular weight is 476 g/mol. The molecule has 4 rings (SSSR count). The zero-order chi connectivity index (χ0) is 23.9. The van der Waals surface area contributed by atoms with Gasteiger partial charge in [0, 0.05) is 18.0 Å². The second-order valence-corrected chi connectivity index (χ2v) is 9.61. The average Bonchev–Trinajstić information content (AvgIpc) is 3.50. The molecule has 0 fully saturated rings. The van der Waals surface area contributed by atoms with Crippen molar-refractivity contribution in [3.05, 3.63) is 82.6 Å². The van der Waals surface area contributed by atoms with Crippen molar-refractivity contribution in [2.24, 2.45) is 5.92 Å². The highest BCUT2D eigenvalue weighted by Gasteiger charge is 2.32. The summed E-state index contributed by atoms with van der Waals surface area (Å²) in [5.74, 6) is 0.107. The Hall–Kier alpha value is -3.52. The zero-order valence-corrected chi connectivity index (χ0v) is 20.2. The first-order valence-corrected chi connectivity index (χ1v) is 12.3. The fourth-order valence-electron chi connectivity index (χ4n) is 3.81. The van der Waals surface area contributed by atoms with E-state index in [4.69, 9.17) is 0 Å². The van der Waals surface area contributed by atoms with Gasteiger partial charge in [0.2, 0.25) is 11.8 Å². The standard InChI is InChI=1S/C26H29N5O2S/c1-19(2)14-15-27-26(33)25(23-13-8-16-34-23)30(17-20-9-4-3-5-10-20)24(32)18-31-22-12-7-6-11-21(22)28-29-31/h3-13,16,19,25H,14-15,17-18H2,1-2H3,(H,27,33)/t25-/m0/s1. The summed E-state index contributed by atoms with van der Waals surface area (Å²) in [6.45, 7) is 5.12. The lowest BCUT2D eigenvalue weighted by molar-refractivity contribution is -0.142. The van der Waals surface area contributed by atoms with Crippen molar-refractivity contribution in [2.75, 3.05) is 6.54 Å². The number of para-hydroxylation sites is 1. The Kier molecular flexibility index (Phi) is 7.69. The van der Waals surface area contributed by atoms with E-state index >= 15 is 0 Å². The summed E-state index contributed by atoms with van der Waals surface area (Å²) in [7, 11) is 0. The molecule has 2 heterocycles. The normalized spacial score (nSPS) is 12.1. The Morgan fingerprint density at radius 2 is 1.79 bits per heavy atom. The van der Waals surface area contributed by atoms with Crippen LogP contribution < -0.4 is 5.32 Å². The molecule has 0 saturated carbocycles. The van der Waals surface area contributed by atoms with Crippen molar-refractivity contribution in [3.63, 3.8) is 0 Å². The molecule has 0 saturated heterocycles. The van der Waals surface area contributed by atoms with Gasteiger partial charge >= 0.3 is 0 Å². The summed E-state index contributed by atoms with van der Waals surface area (Å²) in [5, 5.41) is 13.3. The summed E-state index contributed by atoms with van der Waals surface area (Å²) in [6.07, 6.45) is 0.875. The molecule has 0 aliphatic heterocycles. The third-order valence-electron chi connectivity index (χ3n) is 5.61. The topological polar surface area (TPSA) is 80.1 Å². The van der Waals surface area contributed by atoms with Crippen LogP contribution in [-0.4, -0.2) is 38.3 Å². The first-order chi connectivity index (χ1) is 16.5. The number of hydrogen-bond acceptors (Lipinski definition) is 5. The van der Waals surface area contributed by atoms with Gasteiger partial charge in [0.15, 0.2) is 0 Å². The monoisotopic (exact) mass is 475 g/mol. The molecule has 7 nitrogen and oxygen atoms in total. The van der Waals surface area contributed by atoms with E-state index in [0.717, 1.165) is 27.9 Å². The number of thiophene rings is 1. The van der Waals surface area contributed by atoms with E-state index in [0.29, 0.717) is 19.0 Å². The number of carbonyl (C=O) groups excluding carboxylic acids is 2. The van der Waals surface area contributed by atoms with Crippen molar-refractivity contribution < 1.29 is 9.59 Å². The van der Waals surface area contributed by atoms with Gasteiger partial charge in [-0.3, -0.25) is 9.59 Å². The Bertz CT molecular complexity index is 1220. The minimum absolute atomic E-state index is 0.00546. The molecular formula is C26H29N5O2S. The van der Waals surface area contributed by atoms with Crippen LogP contribution in [0.1, 0.15) is 36.8 Å². The van der Waals surface area contributed by atoms with Gasteiger partial charge in [-0.25, -0.2) is 4.68 Å². The minimum atomic E-state index is -0.727. The highest BCUT2D eigenvalue weighted by atomic mass is 32.1. The van der Waals surface area contributed by atoms with E-state index in [2.05, 4.69) is 29.5 Å². The number of carbonyl (C=O) groups is 2. The van der Waals surface area contributed by atoms with Crippen LogP contribution in [-0.2, 0) is 22.7 Å². The third-order valence-corrected chi connectivity index (χ3v) is 6.54. The second kappa shape index (κ2) is 11.1. The van der Waals surface area contributed by atoms with Crippen molar-refractivity contribution in [2.45, 2.75) is 39.4 Å². The summed E-state index contributed by atoms with van der Waals surface area (Å²) in [6, 6.07) is 20.4. The van der Waals surface area contributed by atoms with Gasteiger partial charge in [-0.15, -0.1) is 16.4 Å². The van der Waals surface area contributed by atoms with E-state index in [9.17, 15) is 9.59 Å². The molecule has 0 aliphatic carbocycles. The predicted molar refractivity (Wildman–Crippen MR) is 134 cm³/mol. The number of nitrogens with one attached hydrogen (secondary N) is 1. The van der Waals surface area contributed by atoms with E-state index in [1.54, 1.807) is 9.58 Å². The van der Waals surface area contributed by atoms with Crippen LogP contribution in [0.3, 0.4) is 0 Å². The van der Waals surface area contributed by atoms with Gasteiger partial charge in [0.05, 0.1) is 5.52 Å². The number of fused-ring (bicyclic) bond motifs is 1. The highest BCUT2D eigenvalue weighted by molar-refractivity contribution is 7.10. The largest absolute Gasteiger partial charge is 0.354 e. The van der Waals surface area contributed by atoms with E-state index in [1.807, 2.05) is 72.1 Å². The quantitative estimate of drug-likeness (QED) is 0.368. The zero-order valence-electron chi connectivity index (χ0n) is 19.4. The van der Waals surface area contributed by atoms with E-state index in [1.165, 1.54) is 11.3 Å². The molecule has 4 aromatic rings. The Labute approximate surface area is 203 Å². The molecule has 8 heteroatoms. The maximum atomic E-state index is 13.7. The molecule has 1 N–H and O–H groups in total. The highest BCUT2D eigenvalue weighted by Crippen LogP contribution is 2.28. The van der Waals surface area contributed by atoms with Gasteiger partial charge < -0.3 is 10.2 Å². The van der Waals surface area contributed by atoms with Crippen molar-refractivity contribution in [1.29, 1.82) is 0 Å². The van der Waals surface area contributed by atoms with Crippen LogP contribution in [0, 0.1) is 5.92 Å². The van der Waals surface area contributed by atoms with Crippen LogP contribution in [0.2, 0.25) is 0 Å². The summed E-state index contributed by atoms with van der Waals surface area (Å²) in [4.78, 5) is 29.7. The lowest BCUT2D eigenvalue weighted by Gasteiger charge is -2.31. The third kappa shape index (κ3) is 5.69. The second-order valence-electron chi connectivity index (χ2n) is 8.63. The molecule has 34 heavy (non-hydrogen) atoms. The lowest BCUT2D eigenvalue weighted by Crippen LogP contribution is -2.44. The van der Waals surface area contributed by atoms with Gasteiger partial charge in [0.1, 0.15) is 18.1 Å². The van der Waals surface area contributed by atoms with Crippen LogP contribution in [0.5, 0.6) is 0 Å².